The Hall–Kier alpha value is -2.67. The number of benzene rings is 1. The van der Waals surface area contributed by atoms with Gasteiger partial charge in [0.15, 0.2) is 5.65 Å². The van der Waals surface area contributed by atoms with Gasteiger partial charge in [0, 0.05) is 6.54 Å². The average Bonchev–Trinajstić information content (AvgIpc) is 2.96. The zero-order chi connectivity index (χ0) is 17.2. The summed E-state index contributed by atoms with van der Waals surface area (Å²) in [6, 6.07) is 8.37. The summed E-state index contributed by atoms with van der Waals surface area (Å²) in [5.41, 5.74) is 9.23. The number of nitrogens with one attached hydrogen (secondary N) is 2. The number of aromatic nitrogens is 4. The van der Waals surface area contributed by atoms with Gasteiger partial charge in [0.1, 0.15) is 5.52 Å². The molecule has 0 fully saturated rings. The van der Waals surface area contributed by atoms with Crippen LogP contribution in [0.4, 0.5) is 5.95 Å². The van der Waals surface area contributed by atoms with Crippen molar-refractivity contribution in [2.24, 2.45) is 5.73 Å². The zero-order valence-corrected chi connectivity index (χ0v) is 14.0. The van der Waals surface area contributed by atoms with Crippen LogP contribution in [0.5, 0.6) is 0 Å². The Labute approximate surface area is 145 Å². The number of anilines is 1. The van der Waals surface area contributed by atoms with Gasteiger partial charge in [0.05, 0.1) is 12.2 Å². The van der Waals surface area contributed by atoms with E-state index in [-0.39, 0.29) is 11.7 Å². The smallest absolute Gasteiger partial charge is 0.328 e. The second kappa shape index (κ2) is 6.68. The summed E-state index contributed by atoms with van der Waals surface area (Å²) < 4.78 is 1.78. The lowest BCUT2D eigenvalue weighted by Crippen LogP contribution is -2.26. The molecule has 25 heavy (non-hydrogen) atoms. The molecule has 0 saturated heterocycles. The van der Waals surface area contributed by atoms with Crippen molar-refractivity contribution in [3.8, 4) is 0 Å². The lowest BCUT2D eigenvalue weighted by molar-refractivity contribution is 0.487. The Morgan fingerprint density at radius 1 is 1.36 bits per heavy atom. The lowest BCUT2D eigenvalue weighted by atomic mass is 9.87. The van der Waals surface area contributed by atoms with E-state index in [2.05, 4.69) is 38.5 Å². The summed E-state index contributed by atoms with van der Waals surface area (Å²) in [5.74, 6) is 0.526. The fourth-order valence-electron chi connectivity index (χ4n) is 3.59. The highest BCUT2D eigenvalue weighted by molar-refractivity contribution is 5.71. The van der Waals surface area contributed by atoms with Gasteiger partial charge in [-0.3, -0.25) is 4.57 Å². The van der Waals surface area contributed by atoms with Crippen molar-refractivity contribution in [3.05, 3.63) is 52.1 Å². The van der Waals surface area contributed by atoms with Gasteiger partial charge in [0.25, 0.3) is 0 Å². The number of aryl methyl sites for hydroxylation is 1. The third-order valence-corrected chi connectivity index (χ3v) is 4.77. The van der Waals surface area contributed by atoms with E-state index in [1.165, 1.54) is 11.1 Å². The van der Waals surface area contributed by atoms with Crippen LogP contribution >= 0.6 is 0 Å². The first-order valence-electron chi connectivity index (χ1n) is 8.77. The van der Waals surface area contributed by atoms with E-state index >= 15 is 0 Å². The quantitative estimate of drug-likeness (QED) is 0.616. The van der Waals surface area contributed by atoms with Crippen LogP contribution in [-0.2, 0) is 6.42 Å². The van der Waals surface area contributed by atoms with Gasteiger partial charge in [-0.2, -0.15) is 4.98 Å². The van der Waals surface area contributed by atoms with E-state index in [0.29, 0.717) is 30.2 Å². The molecule has 1 atom stereocenters. The monoisotopic (exact) mass is 338 g/mol. The number of H-pyrrole nitrogens is 1. The molecular weight excluding hydrogens is 316 g/mol. The second-order valence-electron chi connectivity index (χ2n) is 6.41. The fraction of sp³-hybridized carbons (Fsp3) is 0.389. The topological polar surface area (TPSA) is 102 Å². The molecule has 3 aromatic rings. The van der Waals surface area contributed by atoms with Crippen molar-refractivity contribution in [1.29, 1.82) is 0 Å². The molecule has 0 radical (unpaired) electrons. The van der Waals surface area contributed by atoms with Crippen LogP contribution < -0.4 is 16.7 Å². The molecule has 0 bridgehead atoms. The van der Waals surface area contributed by atoms with Gasteiger partial charge >= 0.3 is 5.69 Å². The first kappa shape index (κ1) is 15.8. The van der Waals surface area contributed by atoms with Crippen LogP contribution in [0.15, 0.2) is 35.3 Å². The molecule has 130 valence electrons. The average molecular weight is 338 g/mol. The number of nitrogens with zero attached hydrogens (tertiary/aromatic N) is 3. The van der Waals surface area contributed by atoms with Gasteiger partial charge in [-0.05, 0) is 43.4 Å². The van der Waals surface area contributed by atoms with Gasteiger partial charge in [0.2, 0.25) is 5.95 Å². The number of rotatable bonds is 5. The molecule has 2 aromatic heterocycles. The SMILES string of the molecule is NCCCNc1ncc2[nH]c(=O)n(C3CCCc4ccccc43)c2n1. The molecule has 2 heterocycles. The van der Waals surface area contributed by atoms with Crippen LogP contribution in [-0.4, -0.2) is 32.6 Å². The predicted molar refractivity (Wildman–Crippen MR) is 97.8 cm³/mol. The molecule has 1 aliphatic rings. The second-order valence-corrected chi connectivity index (χ2v) is 6.41. The van der Waals surface area contributed by atoms with Crippen LogP contribution in [0.25, 0.3) is 11.2 Å². The van der Waals surface area contributed by atoms with Gasteiger partial charge in [-0.25, -0.2) is 9.78 Å². The van der Waals surface area contributed by atoms with Gasteiger partial charge in [-0.1, -0.05) is 24.3 Å². The summed E-state index contributed by atoms with van der Waals surface area (Å²) >= 11 is 0. The summed E-state index contributed by atoms with van der Waals surface area (Å²) in [6.07, 6.45) is 5.57. The molecule has 0 spiro atoms. The number of hydrogen-bond acceptors (Lipinski definition) is 5. The minimum absolute atomic E-state index is 0.0120. The number of hydrogen-bond donors (Lipinski definition) is 3. The highest BCUT2D eigenvalue weighted by Gasteiger charge is 2.25. The van der Waals surface area contributed by atoms with Gasteiger partial charge < -0.3 is 16.0 Å². The molecular formula is C18H22N6O. The maximum atomic E-state index is 12.6. The van der Waals surface area contributed by atoms with Crippen molar-refractivity contribution in [2.45, 2.75) is 31.7 Å². The molecule has 7 nitrogen and oxygen atoms in total. The number of imidazole rings is 1. The largest absolute Gasteiger partial charge is 0.354 e. The lowest BCUT2D eigenvalue weighted by Gasteiger charge is -2.26. The molecule has 0 aliphatic heterocycles. The number of fused-ring (bicyclic) bond motifs is 2. The van der Waals surface area contributed by atoms with Crippen LogP contribution in [0, 0.1) is 0 Å². The molecule has 7 heteroatoms. The molecule has 4 rings (SSSR count). The Morgan fingerprint density at radius 3 is 3.12 bits per heavy atom. The Balaban J connectivity index is 1.78. The summed E-state index contributed by atoms with van der Waals surface area (Å²) in [7, 11) is 0. The summed E-state index contributed by atoms with van der Waals surface area (Å²) in [6.45, 7) is 1.33. The first-order valence-corrected chi connectivity index (χ1v) is 8.77. The predicted octanol–water partition coefficient (Wildman–Crippen LogP) is 1.81. The fourth-order valence-corrected chi connectivity index (χ4v) is 3.59. The van der Waals surface area contributed by atoms with Crippen molar-refractivity contribution < 1.29 is 0 Å². The molecule has 0 amide bonds. The molecule has 1 aliphatic carbocycles. The van der Waals surface area contributed by atoms with Gasteiger partial charge in [-0.15, -0.1) is 0 Å². The van der Waals surface area contributed by atoms with Crippen molar-refractivity contribution in [2.75, 3.05) is 18.4 Å². The molecule has 1 aromatic carbocycles. The Kier molecular flexibility index (Phi) is 4.23. The third-order valence-electron chi connectivity index (χ3n) is 4.77. The van der Waals surface area contributed by atoms with Crippen LogP contribution in [0.2, 0.25) is 0 Å². The number of nitrogens with two attached hydrogens (primary N) is 1. The standard InChI is InChI=1S/C18H22N6O/c19-9-4-10-20-17-21-11-14-16(23-17)24(18(25)22-14)15-8-3-6-12-5-1-2-7-13(12)15/h1-2,5,7,11,15H,3-4,6,8-10,19H2,(H,22,25)(H,20,21,23). The summed E-state index contributed by atoms with van der Waals surface area (Å²) in [4.78, 5) is 24.4. The first-order chi connectivity index (χ1) is 12.3. The van der Waals surface area contributed by atoms with E-state index < -0.39 is 0 Å². The summed E-state index contributed by atoms with van der Waals surface area (Å²) in [5, 5.41) is 3.16. The van der Waals surface area contributed by atoms with Crippen LogP contribution in [0.3, 0.4) is 0 Å². The molecule has 0 saturated carbocycles. The Morgan fingerprint density at radius 2 is 2.24 bits per heavy atom. The van der Waals surface area contributed by atoms with E-state index in [9.17, 15) is 4.79 Å². The van der Waals surface area contributed by atoms with E-state index in [4.69, 9.17) is 5.73 Å². The highest BCUT2D eigenvalue weighted by Crippen LogP contribution is 2.33. The molecule has 4 N–H and O–H groups in total. The van der Waals surface area contributed by atoms with E-state index in [1.807, 2.05) is 6.07 Å². The maximum absolute atomic E-state index is 12.6. The third kappa shape index (κ3) is 2.91. The van der Waals surface area contributed by atoms with Crippen molar-refractivity contribution >= 4 is 17.1 Å². The zero-order valence-electron chi connectivity index (χ0n) is 14.0. The minimum atomic E-state index is -0.134. The minimum Gasteiger partial charge on any atom is -0.354 e. The van der Waals surface area contributed by atoms with Crippen molar-refractivity contribution in [1.82, 2.24) is 19.5 Å². The van der Waals surface area contributed by atoms with Crippen molar-refractivity contribution in [3.63, 3.8) is 0 Å². The molecule has 1 unspecified atom stereocenters. The van der Waals surface area contributed by atoms with E-state index in [1.54, 1.807) is 10.8 Å². The van der Waals surface area contributed by atoms with Crippen LogP contribution in [0.1, 0.15) is 36.4 Å². The number of aromatic amines is 1. The normalized spacial score (nSPS) is 16.8. The highest BCUT2D eigenvalue weighted by atomic mass is 16.1. The Bertz CT molecular complexity index is 944. The van der Waals surface area contributed by atoms with E-state index in [0.717, 1.165) is 25.7 Å². The maximum Gasteiger partial charge on any atom is 0.328 e.